The van der Waals surface area contributed by atoms with Crippen LogP contribution in [0.3, 0.4) is 0 Å². The van der Waals surface area contributed by atoms with E-state index in [1.54, 1.807) is 25.3 Å². The maximum absolute atomic E-state index is 11.9. The van der Waals surface area contributed by atoms with E-state index in [2.05, 4.69) is 10.6 Å². The van der Waals surface area contributed by atoms with Crippen molar-refractivity contribution in [3.8, 4) is 11.5 Å². The third kappa shape index (κ3) is 5.07. The van der Waals surface area contributed by atoms with Crippen molar-refractivity contribution >= 4 is 23.3 Å². The molecule has 0 heterocycles. The van der Waals surface area contributed by atoms with Crippen LogP contribution in [0.1, 0.15) is 5.56 Å². The number of halogens is 1. The zero-order valence-electron chi connectivity index (χ0n) is 13.1. The summed E-state index contributed by atoms with van der Waals surface area (Å²) in [5, 5.41) is 6.05. The fraction of sp³-hybridized carbons (Fsp3) is 0.235. The van der Waals surface area contributed by atoms with Crippen LogP contribution in [0.2, 0.25) is 5.02 Å². The van der Waals surface area contributed by atoms with Gasteiger partial charge in [-0.2, -0.15) is 0 Å². The molecule has 6 heteroatoms. The lowest BCUT2D eigenvalue weighted by Gasteiger charge is -2.11. The molecule has 2 aromatic carbocycles. The van der Waals surface area contributed by atoms with E-state index in [9.17, 15) is 4.79 Å². The minimum absolute atomic E-state index is 0.306. The molecule has 2 N–H and O–H groups in total. The van der Waals surface area contributed by atoms with Gasteiger partial charge in [0.15, 0.2) is 0 Å². The Bertz CT molecular complexity index is 659. The van der Waals surface area contributed by atoms with Gasteiger partial charge in [0.2, 0.25) is 0 Å². The first-order valence-electron chi connectivity index (χ1n) is 7.13. The zero-order valence-corrected chi connectivity index (χ0v) is 13.8. The van der Waals surface area contributed by atoms with E-state index in [0.29, 0.717) is 23.0 Å². The molecule has 0 aliphatic heterocycles. The molecule has 0 aliphatic carbocycles. The molecule has 23 heavy (non-hydrogen) atoms. The first-order valence-corrected chi connectivity index (χ1v) is 7.51. The van der Waals surface area contributed by atoms with Gasteiger partial charge in [-0.1, -0.05) is 23.7 Å². The average Bonchev–Trinajstić information content (AvgIpc) is 2.56. The van der Waals surface area contributed by atoms with E-state index in [1.807, 2.05) is 24.3 Å². The molecule has 0 spiro atoms. The number of ether oxygens (including phenoxy) is 2. The molecule has 122 valence electrons. The van der Waals surface area contributed by atoms with Gasteiger partial charge in [0, 0.05) is 11.6 Å². The lowest BCUT2D eigenvalue weighted by molar-refractivity contribution is 0.252. The molecule has 2 aromatic rings. The molecule has 0 saturated carbocycles. The SMILES string of the molecule is COc1ccc(CCNC(=O)Nc2cc(Cl)ccc2OC)cc1. The Morgan fingerprint density at radius 2 is 1.83 bits per heavy atom. The summed E-state index contributed by atoms with van der Waals surface area (Å²) in [6, 6.07) is 12.5. The minimum atomic E-state index is -0.306. The molecule has 0 bridgehead atoms. The molecular formula is C17H19ClN2O3. The zero-order chi connectivity index (χ0) is 16.7. The molecule has 0 unspecified atom stereocenters. The lowest BCUT2D eigenvalue weighted by atomic mass is 10.1. The normalized spacial score (nSPS) is 10.0. The fourth-order valence-corrected chi connectivity index (χ4v) is 2.23. The van der Waals surface area contributed by atoms with Crippen molar-refractivity contribution in [3.05, 3.63) is 53.1 Å². The number of anilines is 1. The van der Waals surface area contributed by atoms with Gasteiger partial charge in [-0.05, 0) is 42.3 Å². The Labute approximate surface area is 140 Å². The number of methoxy groups -OCH3 is 2. The fourth-order valence-electron chi connectivity index (χ4n) is 2.06. The molecule has 5 nitrogen and oxygen atoms in total. The number of rotatable bonds is 6. The average molecular weight is 335 g/mol. The van der Waals surface area contributed by atoms with E-state index in [0.717, 1.165) is 17.7 Å². The third-order valence-electron chi connectivity index (χ3n) is 3.27. The van der Waals surface area contributed by atoms with Crippen LogP contribution in [0.15, 0.2) is 42.5 Å². The van der Waals surface area contributed by atoms with Crippen LogP contribution in [0.25, 0.3) is 0 Å². The number of urea groups is 1. The van der Waals surface area contributed by atoms with Crippen LogP contribution in [-0.2, 0) is 6.42 Å². The quantitative estimate of drug-likeness (QED) is 0.846. The highest BCUT2D eigenvalue weighted by Gasteiger charge is 2.07. The van der Waals surface area contributed by atoms with Crippen LogP contribution in [0.5, 0.6) is 11.5 Å². The van der Waals surface area contributed by atoms with Gasteiger partial charge in [-0.25, -0.2) is 4.79 Å². The summed E-state index contributed by atoms with van der Waals surface area (Å²) in [5.41, 5.74) is 1.65. The summed E-state index contributed by atoms with van der Waals surface area (Å²) in [6.45, 7) is 0.515. The summed E-state index contributed by atoms with van der Waals surface area (Å²) >= 11 is 5.93. The number of benzene rings is 2. The van der Waals surface area contributed by atoms with Crippen molar-refractivity contribution in [2.45, 2.75) is 6.42 Å². The Morgan fingerprint density at radius 1 is 1.09 bits per heavy atom. The van der Waals surface area contributed by atoms with E-state index >= 15 is 0 Å². The first-order chi connectivity index (χ1) is 11.1. The molecule has 0 aliphatic rings. The van der Waals surface area contributed by atoms with E-state index in [-0.39, 0.29) is 6.03 Å². The van der Waals surface area contributed by atoms with E-state index < -0.39 is 0 Å². The van der Waals surface area contributed by atoms with Crippen LogP contribution < -0.4 is 20.1 Å². The summed E-state index contributed by atoms with van der Waals surface area (Å²) < 4.78 is 10.3. The van der Waals surface area contributed by atoms with Gasteiger partial charge < -0.3 is 20.1 Å². The maximum atomic E-state index is 11.9. The number of amides is 2. The summed E-state index contributed by atoms with van der Waals surface area (Å²) in [7, 11) is 3.17. The lowest BCUT2D eigenvalue weighted by Crippen LogP contribution is -2.30. The monoisotopic (exact) mass is 334 g/mol. The standard InChI is InChI=1S/C17H19ClN2O3/c1-22-14-6-3-12(4-7-14)9-10-19-17(21)20-15-11-13(18)5-8-16(15)23-2/h3-8,11H,9-10H2,1-2H3,(H2,19,20,21). The molecule has 0 saturated heterocycles. The van der Waals surface area contributed by atoms with E-state index in [4.69, 9.17) is 21.1 Å². The van der Waals surface area contributed by atoms with Crippen molar-refractivity contribution in [1.82, 2.24) is 5.32 Å². The van der Waals surface area contributed by atoms with Crippen molar-refractivity contribution in [3.63, 3.8) is 0 Å². The Kier molecular flexibility index (Phi) is 6.11. The van der Waals surface area contributed by atoms with Crippen molar-refractivity contribution < 1.29 is 14.3 Å². The highest BCUT2D eigenvalue weighted by molar-refractivity contribution is 6.31. The predicted molar refractivity (Wildman–Crippen MR) is 91.7 cm³/mol. The van der Waals surface area contributed by atoms with Crippen LogP contribution in [0, 0.1) is 0 Å². The van der Waals surface area contributed by atoms with Crippen molar-refractivity contribution in [2.24, 2.45) is 0 Å². The van der Waals surface area contributed by atoms with Gasteiger partial charge in [0.05, 0.1) is 19.9 Å². The molecule has 0 radical (unpaired) electrons. The Morgan fingerprint density at radius 3 is 2.48 bits per heavy atom. The third-order valence-corrected chi connectivity index (χ3v) is 3.50. The summed E-state index contributed by atoms with van der Waals surface area (Å²) in [4.78, 5) is 11.9. The van der Waals surface area contributed by atoms with Gasteiger partial charge in [-0.3, -0.25) is 0 Å². The van der Waals surface area contributed by atoms with Gasteiger partial charge in [-0.15, -0.1) is 0 Å². The molecular weight excluding hydrogens is 316 g/mol. The Balaban J connectivity index is 1.84. The molecule has 0 aromatic heterocycles. The smallest absolute Gasteiger partial charge is 0.319 e. The first kappa shape index (κ1) is 17.0. The van der Waals surface area contributed by atoms with Crippen molar-refractivity contribution in [2.75, 3.05) is 26.1 Å². The van der Waals surface area contributed by atoms with E-state index in [1.165, 1.54) is 7.11 Å². The molecule has 2 amide bonds. The van der Waals surface area contributed by atoms with Crippen molar-refractivity contribution in [1.29, 1.82) is 0 Å². The minimum Gasteiger partial charge on any atom is -0.497 e. The number of carbonyl (C=O) groups is 1. The van der Waals surface area contributed by atoms with Gasteiger partial charge in [0.25, 0.3) is 0 Å². The van der Waals surface area contributed by atoms with Crippen LogP contribution in [-0.4, -0.2) is 26.8 Å². The Hall–Kier alpha value is -2.40. The summed E-state index contributed by atoms with van der Waals surface area (Å²) in [6.07, 6.45) is 0.726. The highest BCUT2D eigenvalue weighted by Crippen LogP contribution is 2.27. The second kappa shape index (κ2) is 8.29. The second-order valence-electron chi connectivity index (χ2n) is 4.82. The maximum Gasteiger partial charge on any atom is 0.319 e. The van der Waals surface area contributed by atoms with Crippen LogP contribution >= 0.6 is 11.6 Å². The summed E-state index contributed by atoms with van der Waals surface area (Å²) in [5.74, 6) is 1.37. The van der Waals surface area contributed by atoms with Crippen LogP contribution in [0.4, 0.5) is 10.5 Å². The second-order valence-corrected chi connectivity index (χ2v) is 5.26. The topological polar surface area (TPSA) is 59.6 Å². The molecule has 0 atom stereocenters. The number of hydrogen-bond donors (Lipinski definition) is 2. The predicted octanol–water partition coefficient (Wildman–Crippen LogP) is 3.72. The number of carbonyl (C=O) groups excluding carboxylic acids is 1. The highest BCUT2D eigenvalue weighted by atomic mass is 35.5. The number of hydrogen-bond acceptors (Lipinski definition) is 3. The van der Waals surface area contributed by atoms with Gasteiger partial charge >= 0.3 is 6.03 Å². The largest absolute Gasteiger partial charge is 0.497 e. The molecule has 0 fully saturated rings. The van der Waals surface area contributed by atoms with Gasteiger partial charge in [0.1, 0.15) is 11.5 Å². The number of nitrogens with one attached hydrogen (secondary N) is 2. The molecule has 2 rings (SSSR count).